The second-order valence-corrected chi connectivity index (χ2v) is 12.3. The maximum absolute atomic E-state index is 13.4. The number of nitrogens with one attached hydrogen (secondary N) is 1. The van der Waals surface area contributed by atoms with E-state index in [1.54, 1.807) is 42.3 Å². The van der Waals surface area contributed by atoms with Crippen molar-refractivity contribution in [3.63, 3.8) is 0 Å². The van der Waals surface area contributed by atoms with Gasteiger partial charge >= 0.3 is 12.2 Å². The Morgan fingerprint density at radius 1 is 1.12 bits per heavy atom. The molecular weight excluding hydrogens is 574 g/mol. The quantitative estimate of drug-likeness (QED) is 0.307. The Labute approximate surface area is 259 Å². The minimum Gasteiger partial charge on any atom is -0.465 e. The molecule has 1 unspecified atom stereocenters. The van der Waals surface area contributed by atoms with Crippen LogP contribution in [0.4, 0.5) is 9.59 Å². The van der Waals surface area contributed by atoms with Gasteiger partial charge in [-0.1, -0.05) is 35.9 Å². The standard InChI is InChI=1S/C32H44ClN3O7/c1-32(2,3)43-31(40)36(5)27(17-22-9-8-15-41-21-22)20-34-29(37)25-12-6-10-23(18-25)28(24-11-7-13-26(33)19-24)42-16-14-35(4)30(38)39/h6-7,10-13,18-19,22,27-28H,8-9,14-17,20-21H2,1-5H3,(H,34,37)(H,38,39)/t22-,27-,28?/m1/s1. The number of amides is 3. The van der Waals surface area contributed by atoms with E-state index < -0.39 is 23.9 Å². The third kappa shape index (κ3) is 11.0. The predicted molar refractivity (Wildman–Crippen MR) is 165 cm³/mol. The van der Waals surface area contributed by atoms with Crippen LogP contribution >= 0.6 is 11.6 Å². The van der Waals surface area contributed by atoms with Gasteiger partial charge in [-0.15, -0.1) is 0 Å². The van der Waals surface area contributed by atoms with Crippen LogP contribution in [0, 0.1) is 5.92 Å². The molecule has 0 aliphatic carbocycles. The number of carboxylic acid groups (broad SMARTS) is 1. The van der Waals surface area contributed by atoms with Crippen LogP contribution in [-0.2, 0) is 14.2 Å². The Balaban J connectivity index is 1.76. The lowest BCUT2D eigenvalue weighted by Gasteiger charge is -2.34. The second kappa shape index (κ2) is 15.9. The highest BCUT2D eigenvalue weighted by Crippen LogP contribution is 2.29. The summed E-state index contributed by atoms with van der Waals surface area (Å²) >= 11 is 6.26. The van der Waals surface area contributed by atoms with Crippen molar-refractivity contribution in [2.75, 3.05) is 47.0 Å². The molecule has 0 radical (unpaired) electrons. The molecular formula is C32H44ClN3O7. The molecule has 1 aliphatic heterocycles. The fraction of sp³-hybridized carbons (Fsp3) is 0.531. The van der Waals surface area contributed by atoms with E-state index >= 15 is 0 Å². The molecule has 2 aromatic carbocycles. The van der Waals surface area contributed by atoms with Gasteiger partial charge in [0.25, 0.3) is 5.91 Å². The van der Waals surface area contributed by atoms with Crippen molar-refractivity contribution in [3.05, 3.63) is 70.2 Å². The molecule has 1 fully saturated rings. The summed E-state index contributed by atoms with van der Waals surface area (Å²) in [6.07, 6.45) is 0.572. The summed E-state index contributed by atoms with van der Waals surface area (Å²) in [6, 6.07) is 14.0. The zero-order valence-corrected chi connectivity index (χ0v) is 26.4. The number of carbonyl (C=O) groups excluding carboxylic acids is 2. The van der Waals surface area contributed by atoms with Gasteiger partial charge in [0.15, 0.2) is 0 Å². The normalized spacial score (nSPS) is 16.6. The number of carbonyl (C=O) groups is 3. The number of rotatable bonds is 12. The first kappa shape index (κ1) is 34.2. The first-order valence-electron chi connectivity index (χ1n) is 14.6. The Bertz CT molecular complexity index is 1230. The van der Waals surface area contributed by atoms with E-state index in [9.17, 15) is 19.5 Å². The molecule has 236 valence electrons. The van der Waals surface area contributed by atoms with Gasteiger partial charge in [0.2, 0.25) is 0 Å². The van der Waals surface area contributed by atoms with Crippen LogP contribution < -0.4 is 5.32 Å². The lowest BCUT2D eigenvalue weighted by molar-refractivity contribution is 0.0112. The highest BCUT2D eigenvalue weighted by atomic mass is 35.5. The van der Waals surface area contributed by atoms with Crippen molar-refractivity contribution in [2.24, 2.45) is 5.92 Å². The number of hydrogen-bond acceptors (Lipinski definition) is 6. The van der Waals surface area contributed by atoms with Gasteiger partial charge in [-0.05, 0) is 81.3 Å². The highest BCUT2D eigenvalue weighted by molar-refractivity contribution is 6.30. The van der Waals surface area contributed by atoms with Gasteiger partial charge in [-0.25, -0.2) is 9.59 Å². The summed E-state index contributed by atoms with van der Waals surface area (Å²) in [4.78, 5) is 40.2. The van der Waals surface area contributed by atoms with E-state index in [1.807, 2.05) is 39.0 Å². The van der Waals surface area contributed by atoms with Crippen LogP contribution in [0.5, 0.6) is 0 Å². The van der Waals surface area contributed by atoms with E-state index in [4.69, 9.17) is 25.8 Å². The molecule has 3 amide bonds. The van der Waals surface area contributed by atoms with Gasteiger partial charge in [0, 0.05) is 51.0 Å². The summed E-state index contributed by atoms with van der Waals surface area (Å²) in [5, 5.41) is 12.7. The number of halogens is 1. The molecule has 1 heterocycles. The molecule has 3 rings (SSSR count). The Hall–Kier alpha value is -3.34. The maximum Gasteiger partial charge on any atom is 0.410 e. The number of hydrogen-bond donors (Lipinski definition) is 2. The van der Waals surface area contributed by atoms with Crippen molar-refractivity contribution < 1.29 is 33.7 Å². The molecule has 10 nitrogen and oxygen atoms in total. The van der Waals surface area contributed by atoms with Crippen LogP contribution in [0.2, 0.25) is 5.02 Å². The second-order valence-electron chi connectivity index (χ2n) is 11.9. The molecule has 0 spiro atoms. The molecule has 0 bridgehead atoms. The molecule has 1 saturated heterocycles. The van der Waals surface area contributed by atoms with Crippen LogP contribution in [0.15, 0.2) is 48.5 Å². The van der Waals surface area contributed by atoms with Crippen LogP contribution in [0.1, 0.15) is 67.6 Å². The van der Waals surface area contributed by atoms with Gasteiger partial charge in [0.1, 0.15) is 11.7 Å². The third-order valence-electron chi connectivity index (χ3n) is 7.23. The molecule has 11 heteroatoms. The maximum atomic E-state index is 13.4. The fourth-order valence-corrected chi connectivity index (χ4v) is 5.05. The Kier molecular flexibility index (Phi) is 12.7. The van der Waals surface area contributed by atoms with Crippen molar-refractivity contribution in [1.29, 1.82) is 0 Å². The first-order valence-corrected chi connectivity index (χ1v) is 14.9. The fourth-order valence-electron chi connectivity index (χ4n) is 4.85. The highest BCUT2D eigenvalue weighted by Gasteiger charge is 2.29. The van der Waals surface area contributed by atoms with E-state index in [0.717, 1.165) is 35.5 Å². The Morgan fingerprint density at radius 2 is 1.81 bits per heavy atom. The van der Waals surface area contributed by atoms with Gasteiger partial charge in [-0.2, -0.15) is 0 Å². The SMILES string of the molecule is CN(CCOC(c1cccc(Cl)c1)c1cccc(C(=O)NC[C@@H](C[C@H]2CCCOC2)N(C)C(=O)OC(C)(C)C)c1)C(=O)O. The average molecular weight is 618 g/mol. The number of benzene rings is 2. The summed E-state index contributed by atoms with van der Waals surface area (Å²) in [6.45, 7) is 7.39. The molecule has 1 aliphatic rings. The van der Waals surface area contributed by atoms with E-state index in [0.29, 0.717) is 23.6 Å². The molecule has 2 N–H and O–H groups in total. The monoisotopic (exact) mass is 617 g/mol. The molecule has 2 aromatic rings. The zero-order valence-electron chi connectivity index (χ0n) is 25.7. The van der Waals surface area contributed by atoms with E-state index in [2.05, 4.69) is 5.32 Å². The largest absolute Gasteiger partial charge is 0.465 e. The van der Waals surface area contributed by atoms with Crippen molar-refractivity contribution in [3.8, 4) is 0 Å². The number of ether oxygens (including phenoxy) is 3. The average Bonchev–Trinajstić information content (AvgIpc) is 2.96. The summed E-state index contributed by atoms with van der Waals surface area (Å²) in [7, 11) is 3.17. The molecule has 0 saturated carbocycles. The topological polar surface area (TPSA) is 118 Å². The first-order chi connectivity index (χ1) is 20.3. The van der Waals surface area contributed by atoms with Crippen LogP contribution in [0.3, 0.4) is 0 Å². The van der Waals surface area contributed by atoms with E-state index in [-0.39, 0.29) is 37.6 Å². The number of likely N-dealkylation sites (N-methyl/N-ethyl adjacent to an activating group) is 2. The smallest absolute Gasteiger partial charge is 0.410 e. The summed E-state index contributed by atoms with van der Waals surface area (Å²) in [5.41, 5.74) is 1.28. The van der Waals surface area contributed by atoms with Crippen LogP contribution in [-0.4, -0.2) is 91.6 Å². The Morgan fingerprint density at radius 3 is 2.44 bits per heavy atom. The van der Waals surface area contributed by atoms with Gasteiger partial charge in [0.05, 0.1) is 12.6 Å². The lowest BCUT2D eigenvalue weighted by Crippen LogP contribution is -2.48. The van der Waals surface area contributed by atoms with Gasteiger partial charge < -0.3 is 34.4 Å². The van der Waals surface area contributed by atoms with E-state index in [1.165, 1.54) is 7.05 Å². The minimum atomic E-state index is -1.05. The van der Waals surface area contributed by atoms with Crippen molar-refractivity contribution in [2.45, 2.75) is 57.8 Å². The van der Waals surface area contributed by atoms with Gasteiger partial charge in [-0.3, -0.25) is 4.79 Å². The third-order valence-corrected chi connectivity index (χ3v) is 7.46. The predicted octanol–water partition coefficient (Wildman–Crippen LogP) is 5.84. The lowest BCUT2D eigenvalue weighted by atomic mass is 9.93. The summed E-state index contributed by atoms with van der Waals surface area (Å²) < 4.78 is 17.4. The minimum absolute atomic E-state index is 0.139. The molecule has 0 aromatic heterocycles. The zero-order chi connectivity index (χ0) is 31.6. The van der Waals surface area contributed by atoms with Crippen molar-refractivity contribution >= 4 is 29.7 Å². The van der Waals surface area contributed by atoms with Crippen LogP contribution in [0.25, 0.3) is 0 Å². The summed E-state index contributed by atoms with van der Waals surface area (Å²) in [5.74, 6) is -0.0144. The number of nitrogens with zero attached hydrogens (tertiary/aromatic N) is 2. The molecule has 3 atom stereocenters. The van der Waals surface area contributed by atoms with Crippen molar-refractivity contribution in [1.82, 2.24) is 15.1 Å². The molecule has 43 heavy (non-hydrogen) atoms.